The number of nitrogens with one attached hydrogen (secondary N) is 1. The van der Waals surface area contributed by atoms with E-state index in [0.29, 0.717) is 11.3 Å². The van der Waals surface area contributed by atoms with E-state index in [2.05, 4.69) is 5.32 Å². The summed E-state index contributed by atoms with van der Waals surface area (Å²) in [5.74, 6) is 0.201. The van der Waals surface area contributed by atoms with Crippen LogP contribution in [0.4, 0.5) is 18.9 Å². The minimum atomic E-state index is -4.50. The molecule has 0 heterocycles. The van der Waals surface area contributed by atoms with Crippen LogP contribution in [-0.4, -0.2) is 12.5 Å². The van der Waals surface area contributed by atoms with Gasteiger partial charge in [0, 0.05) is 12.2 Å². The molecule has 2 aromatic rings. The first-order valence-corrected chi connectivity index (χ1v) is 7.68. The SMILES string of the molecule is Cc1cccc(OCCC(=O)Nc2cc(CN)cc(C(F)(F)F)c2)c1. The topological polar surface area (TPSA) is 64.3 Å². The maximum absolute atomic E-state index is 12.9. The molecule has 0 aliphatic heterocycles. The monoisotopic (exact) mass is 352 g/mol. The third-order valence-corrected chi connectivity index (χ3v) is 3.43. The number of nitrogens with two attached hydrogens (primary N) is 1. The zero-order valence-corrected chi connectivity index (χ0v) is 13.7. The van der Waals surface area contributed by atoms with Crippen LogP contribution in [0, 0.1) is 6.92 Å². The largest absolute Gasteiger partial charge is 0.493 e. The summed E-state index contributed by atoms with van der Waals surface area (Å²) in [7, 11) is 0. The molecule has 3 N–H and O–H groups in total. The van der Waals surface area contributed by atoms with Gasteiger partial charge < -0.3 is 15.8 Å². The van der Waals surface area contributed by atoms with E-state index in [0.717, 1.165) is 17.7 Å². The van der Waals surface area contributed by atoms with Crippen molar-refractivity contribution in [3.8, 4) is 5.75 Å². The fourth-order valence-corrected chi connectivity index (χ4v) is 2.24. The second-order valence-corrected chi connectivity index (χ2v) is 5.58. The van der Waals surface area contributed by atoms with Gasteiger partial charge in [-0.05, 0) is 48.4 Å². The highest BCUT2D eigenvalue weighted by Crippen LogP contribution is 2.32. The Morgan fingerprint density at radius 3 is 2.60 bits per heavy atom. The van der Waals surface area contributed by atoms with Gasteiger partial charge in [0.15, 0.2) is 0 Å². The Hall–Kier alpha value is -2.54. The van der Waals surface area contributed by atoms with Gasteiger partial charge in [-0.15, -0.1) is 0 Å². The Kier molecular flexibility index (Phi) is 6.03. The average Bonchev–Trinajstić information content (AvgIpc) is 2.53. The first-order valence-electron chi connectivity index (χ1n) is 7.68. The number of carbonyl (C=O) groups is 1. The molecule has 0 bridgehead atoms. The summed E-state index contributed by atoms with van der Waals surface area (Å²) >= 11 is 0. The molecule has 0 aliphatic rings. The number of alkyl halides is 3. The molecule has 0 aromatic heterocycles. The van der Waals surface area contributed by atoms with Crippen LogP contribution in [0.25, 0.3) is 0 Å². The number of rotatable bonds is 6. The zero-order valence-electron chi connectivity index (χ0n) is 13.7. The zero-order chi connectivity index (χ0) is 18.4. The predicted molar refractivity (Wildman–Crippen MR) is 89.3 cm³/mol. The maximum atomic E-state index is 12.9. The number of hydrogen-bond acceptors (Lipinski definition) is 3. The van der Waals surface area contributed by atoms with Crippen LogP contribution in [0.3, 0.4) is 0 Å². The third kappa shape index (κ3) is 5.79. The molecule has 1 amide bonds. The van der Waals surface area contributed by atoms with Gasteiger partial charge >= 0.3 is 6.18 Å². The average molecular weight is 352 g/mol. The van der Waals surface area contributed by atoms with Crippen molar-refractivity contribution in [1.29, 1.82) is 0 Å². The second kappa shape index (κ2) is 8.02. The van der Waals surface area contributed by atoms with Crippen LogP contribution in [0.5, 0.6) is 5.75 Å². The Balaban J connectivity index is 1.95. The number of carbonyl (C=O) groups excluding carboxylic acids is 1. The smallest absolute Gasteiger partial charge is 0.416 e. The minimum absolute atomic E-state index is 0.0160. The van der Waals surface area contributed by atoms with Crippen molar-refractivity contribution >= 4 is 11.6 Å². The summed E-state index contributed by atoms with van der Waals surface area (Å²) in [6, 6.07) is 10.6. The van der Waals surface area contributed by atoms with E-state index in [4.69, 9.17) is 10.5 Å². The molecule has 0 saturated heterocycles. The Bertz CT molecular complexity index is 745. The number of amides is 1. The summed E-state index contributed by atoms with van der Waals surface area (Å²) in [6.07, 6.45) is -4.49. The lowest BCUT2D eigenvalue weighted by molar-refractivity contribution is -0.137. The molecule has 2 rings (SSSR count). The van der Waals surface area contributed by atoms with Crippen molar-refractivity contribution in [2.75, 3.05) is 11.9 Å². The Morgan fingerprint density at radius 2 is 1.96 bits per heavy atom. The lowest BCUT2D eigenvalue weighted by Gasteiger charge is -2.13. The summed E-state index contributed by atoms with van der Waals surface area (Å²) in [5, 5.41) is 2.45. The summed E-state index contributed by atoms with van der Waals surface area (Å²) < 4.78 is 44.1. The fraction of sp³-hybridized carbons (Fsp3) is 0.278. The first kappa shape index (κ1) is 18.8. The maximum Gasteiger partial charge on any atom is 0.416 e. The van der Waals surface area contributed by atoms with Gasteiger partial charge in [-0.25, -0.2) is 0 Å². The summed E-state index contributed by atoms with van der Waals surface area (Å²) in [4.78, 5) is 11.9. The molecule has 7 heteroatoms. The van der Waals surface area contributed by atoms with E-state index < -0.39 is 17.6 Å². The van der Waals surface area contributed by atoms with E-state index in [1.807, 2.05) is 25.1 Å². The van der Waals surface area contributed by atoms with Crippen LogP contribution in [0.15, 0.2) is 42.5 Å². The molecule has 4 nitrogen and oxygen atoms in total. The van der Waals surface area contributed by atoms with Gasteiger partial charge in [-0.3, -0.25) is 4.79 Å². The summed E-state index contributed by atoms with van der Waals surface area (Å²) in [5.41, 5.74) is 5.96. The number of aryl methyl sites for hydroxylation is 1. The Labute approximate surface area is 143 Å². The second-order valence-electron chi connectivity index (χ2n) is 5.58. The summed E-state index contributed by atoms with van der Waals surface area (Å²) in [6.45, 7) is 1.99. The highest BCUT2D eigenvalue weighted by atomic mass is 19.4. The minimum Gasteiger partial charge on any atom is -0.493 e. The molecule has 0 unspecified atom stereocenters. The highest BCUT2D eigenvalue weighted by molar-refractivity contribution is 5.91. The van der Waals surface area contributed by atoms with E-state index >= 15 is 0 Å². The van der Waals surface area contributed by atoms with Gasteiger partial charge in [-0.2, -0.15) is 13.2 Å². The van der Waals surface area contributed by atoms with E-state index in [1.165, 1.54) is 6.07 Å². The van der Waals surface area contributed by atoms with Crippen molar-refractivity contribution in [3.63, 3.8) is 0 Å². The number of hydrogen-bond donors (Lipinski definition) is 2. The highest BCUT2D eigenvalue weighted by Gasteiger charge is 2.31. The molecule has 0 radical (unpaired) electrons. The predicted octanol–water partition coefficient (Wildman–Crippen LogP) is 3.88. The fourth-order valence-electron chi connectivity index (χ4n) is 2.24. The van der Waals surface area contributed by atoms with Crippen LogP contribution < -0.4 is 15.8 Å². The molecule has 0 saturated carbocycles. The molecule has 0 atom stereocenters. The molecule has 0 fully saturated rings. The molecule has 0 aliphatic carbocycles. The van der Waals surface area contributed by atoms with Crippen molar-refractivity contribution in [1.82, 2.24) is 0 Å². The third-order valence-electron chi connectivity index (χ3n) is 3.43. The van der Waals surface area contributed by atoms with E-state index in [9.17, 15) is 18.0 Å². The molecular formula is C18H19F3N2O2. The molecule has 25 heavy (non-hydrogen) atoms. The van der Waals surface area contributed by atoms with E-state index in [1.54, 1.807) is 6.07 Å². The van der Waals surface area contributed by atoms with Gasteiger partial charge in [0.25, 0.3) is 0 Å². The molecule has 2 aromatic carbocycles. The lowest BCUT2D eigenvalue weighted by atomic mass is 10.1. The number of ether oxygens (including phenoxy) is 1. The van der Waals surface area contributed by atoms with Gasteiger partial charge in [0.1, 0.15) is 5.75 Å². The number of anilines is 1. The molecule has 0 spiro atoms. The van der Waals surface area contributed by atoms with Crippen LogP contribution >= 0.6 is 0 Å². The van der Waals surface area contributed by atoms with Gasteiger partial charge in [-0.1, -0.05) is 12.1 Å². The molecular weight excluding hydrogens is 333 g/mol. The van der Waals surface area contributed by atoms with Crippen LogP contribution in [0.2, 0.25) is 0 Å². The normalized spacial score (nSPS) is 11.2. The van der Waals surface area contributed by atoms with E-state index in [-0.39, 0.29) is 25.3 Å². The van der Waals surface area contributed by atoms with Crippen molar-refractivity contribution in [3.05, 3.63) is 59.2 Å². The lowest BCUT2D eigenvalue weighted by Crippen LogP contribution is -2.16. The first-order chi connectivity index (χ1) is 11.8. The van der Waals surface area contributed by atoms with Crippen LogP contribution in [0.1, 0.15) is 23.1 Å². The van der Waals surface area contributed by atoms with Crippen LogP contribution in [-0.2, 0) is 17.5 Å². The quantitative estimate of drug-likeness (QED) is 0.829. The van der Waals surface area contributed by atoms with Crippen molar-refractivity contribution in [2.45, 2.75) is 26.1 Å². The number of halogens is 3. The standard InChI is InChI=1S/C18H19F3N2O2/c1-12-3-2-4-16(7-12)25-6-5-17(24)23-15-9-13(11-22)8-14(10-15)18(19,20)21/h2-4,7-10H,5-6,11,22H2,1H3,(H,23,24). The molecule has 134 valence electrons. The van der Waals surface area contributed by atoms with Crippen molar-refractivity contribution in [2.24, 2.45) is 5.73 Å². The van der Waals surface area contributed by atoms with Gasteiger partial charge in [0.05, 0.1) is 18.6 Å². The number of benzene rings is 2. The Morgan fingerprint density at radius 1 is 1.20 bits per heavy atom. The van der Waals surface area contributed by atoms with Gasteiger partial charge in [0.2, 0.25) is 5.91 Å². The van der Waals surface area contributed by atoms with Crippen molar-refractivity contribution < 1.29 is 22.7 Å².